The first-order chi connectivity index (χ1) is 5.74. The summed E-state index contributed by atoms with van der Waals surface area (Å²) < 4.78 is 0. The minimum atomic E-state index is 0.423. The van der Waals surface area contributed by atoms with Crippen LogP contribution in [0.25, 0.3) is 0 Å². The van der Waals surface area contributed by atoms with Crippen LogP contribution in [0.15, 0.2) is 0 Å². The molecule has 12 heavy (non-hydrogen) atoms. The fraction of sp³-hybridized carbons (Fsp3) is 1.00. The Bertz CT molecular complexity index is 115. The van der Waals surface area contributed by atoms with Crippen molar-refractivity contribution in [1.82, 2.24) is 4.90 Å². The van der Waals surface area contributed by atoms with E-state index < -0.39 is 0 Å². The van der Waals surface area contributed by atoms with Gasteiger partial charge in [0.25, 0.3) is 0 Å². The monoisotopic (exact) mass is 170 g/mol. The molecule has 2 atom stereocenters. The predicted molar refractivity (Wildman–Crippen MR) is 53.1 cm³/mol. The van der Waals surface area contributed by atoms with Gasteiger partial charge in [-0.2, -0.15) is 0 Å². The second-order valence-corrected chi connectivity index (χ2v) is 4.11. The van der Waals surface area contributed by atoms with Gasteiger partial charge in [0.05, 0.1) is 0 Å². The van der Waals surface area contributed by atoms with Gasteiger partial charge in [0.1, 0.15) is 0 Å². The van der Waals surface area contributed by atoms with Crippen molar-refractivity contribution in [1.29, 1.82) is 0 Å². The molecule has 0 radical (unpaired) electrons. The van der Waals surface area contributed by atoms with Gasteiger partial charge in [0.15, 0.2) is 0 Å². The summed E-state index contributed by atoms with van der Waals surface area (Å²) in [7, 11) is 0. The van der Waals surface area contributed by atoms with Gasteiger partial charge in [0.2, 0.25) is 0 Å². The number of hydrogen-bond donors (Lipinski definition) is 1. The smallest absolute Gasteiger partial charge is 0.0206 e. The van der Waals surface area contributed by atoms with E-state index in [2.05, 4.69) is 18.7 Å². The van der Waals surface area contributed by atoms with E-state index in [4.69, 9.17) is 5.73 Å². The molecule has 0 aliphatic carbocycles. The van der Waals surface area contributed by atoms with Crippen molar-refractivity contribution in [2.75, 3.05) is 19.6 Å². The van der Waals surface area contributed by atoms with Crippen LogP contribution < -0.4 is 5.73 Å². The molecule has 2 heteroatoms. The molecule has 2 unspecified atom stereocenters. The van der Waals surface area contributed by atoms with Crippen LogP contribution in [-0.4, -0.2) is 30.6 Å². The van der Waals surface area contributed by atoms with Gasteiger partial charge in [-0.3, -0.25) is 0 Å². The van der Waals surface area contributed by atoms with Crippen molar-refractivity contribution in [2.45, 2.75) is 39.2 Å². The zero-order chi connectivity index (χ0) is 8.97. The lowest BCUT2D eigenvalue weighted by atomic mass is 10.1. The van der Waals surface area contributed by atoms with E-state index >= 15 is 0 Å². The van der Waals surface area contributed by atoms with Gasteiger partial charge in [-0.1, -0.05) is 26.7 Å². The van der Waals surface area contributed by atoms with E-state index in [9.17, 15) is 0 Å². The van der Waals surface area contributed by atoms with Crippen molar-refractivity contribution >= 4 is 0 Å². The highest BCUT2D eigenvalue weighted by atomic mass is 15.2. The first kappa shape index (κ1) is 10.0. The third-order valence-electron chi connectivity index (χ3n) is 2.82. The highest BCUT2D eigenvalue weighted by Gasteiger charge is 2.25. The van der Waals surface area contributed by atoms with Gasteiger partial charge < -0.3 is 10.6 Å². The highest BCUT2D eigenvalue weighted by Crippen LogP contribution is 2.14. The maximum absolute atomic E-state index is 5.93. The molecule has 0 aromatic heterocycles. The lowest BCUT2D eigenvalue weighted by molar-refractivity contribution is 0.318. The Morgan fingerprint density at radius 2 is 2.08 bits per heavy atom. The van der Waals surface area contributed by atoms with Crippen LogP contribution in [-0.2, 0) is 0 Å². The molecule has 2 nitrogen and oxygen atoms in total. The van der Waals surface area contributed by atoms with Crippen molar-refractivity contribution in [2.24, 2.45) is 11.7 Å². The summed E-state index contributed by atoms with van der Waals surface area (Å²) in [6.07, 6.45) is 4.02. The Morgan fingerprint density at radius 1 is 1.33 bits per heavy atom. The molecular formula is C10H22N2. The molecule has 1 aliphatic rings. The average molecular weight is 170 g/mol. The first-order valence-electron chi connectivity index (χ1n) is 5.22. The van der Waals surface area contributed by atoms with E-state index in [0.29, 0.717) is 12.0 Å². The van der Waals surface area contributed by atoms with E-state index in [1.165, 1.54) is 32.4 Å². The number of hydrogen-bond acceptors (Lipinski definition) is 2. The number of nitrogens with zero attached hydrogens (tertiary/aromatic N) is 1. The Morgan fingerprint density at radius 3 is 2.58 bits per heavy atom. The molecule has 1 heterocycles. The van der Waals surface area contributed by atoms with E-state index in [0.717, 1.165) is 6.54 Å². The summed E-state index contributed by atoms with van der Waals surface area (Å²) in [4.78, 5) is 2.50. The topological polar surface area (TPSA) is 29.3 Å². The first-order valence-corrected chi connectivity index (χ1v) is 5.22. The minimum absolute atomic E-state index is 0.423. The average Bonchev–Trinajstić information content (AvgIpc) is 2.32. The Labute approximate surface area is 76.1 Å². The Hall–Kier alpha value is -0.0800. The molecule has 1 fully saturated rings. The molecule has 0 amide bonds. The lowest BCUT2D eigenvalue weighted by Gasteiger charge is -2.14. The summed E-state index contributed by atoms with van der Waals surface area (Å²) >= 11 is 0. The van der Waals surface area contributed by atoms with Crippen molar-refractivity contribution < 1.29 is 0 Å². The molecule has 0 spiro atoms. The van der Waals surface area contributed by atoms with Crippen LogP contribution in [0.1, 0.15) is 33.1 Å². The molecule has 1 aliphatic heterocycles. The standard InChI is InChI=1S/C10H22N2/c1-3-4-5-6-12-7-9(2)10(11)8-12/h9-10H,3-8,11H2,1-2H3. The number of likely N-dealkylation sites (tertiary alicyclic amines) is 1. The van der Waals surface area contributed by atoms with E-state index in [1.54, 1.807) is 0 Å². The van der Waals surface area contributed by atoms with Gasteiger partial charge in [-0.05, 0) is 18.9 Å². The molecule has 1 saturated heterocycles. The molecule has 72 valence electrons. The predicted octanol–water partition coefficient (Wildman–Crippen LogP) is 1.46. The Balaban J connectivity index is 2.10. The highest BCUT2D eigenvalue weighted by molar-refractivity contribution is 4.83. The van der Waals surface area contributed by atoms with Crippen LogP contribution >= 0.6 is 0 Å². The number of unbranched alkanes of at least 4 members (excludes halogenated alkanes) is 2. The van der Waals surface area contributed by atoms with Crippen molar-refractivity contribution in [3.63, 3.8) is 0 Å². The summed E-state index contributed by atoms with van der Waals surface area (Å²) in [5.74, 6) is 0.701. The van der Waals surface area contributed by atoms with E-state index in [1.807, 2.05) is 0 Å². The van der Waals surface area contributed by atoms with Gasteiger partial charge in [0, 0.05) is 19.1 Å². The van der Waals surface area contributed by atoms with E-state index in [-0.39, 0.29) is 0 Å². The number of nitrogens with two attached hydrogens (primary N) is 1. The minimum Gasteiger partial charge on any atom is -0.326 e. The van der Waals surface area contributed by atoms with Gasteiger partial charge in [-0.25, -0.2) is 0 Å². The van der Waals surface area contributed by atoms with Crippen LogP contribution in [0.4, 0.5) is 0 Å². The lowest BCUT2D eigenvalue weighted by Crippen LogP contribution is -2.28. The Kier molecular flexibility index (Phi) is 4.02. The SMILES string of the molecule is CCCCCN1CC(C)C(N)C1. The van der Waals surface area contributed by atoms with Crippen molar-refractivity contribution in [3.8, 4) is 0 Å². The molecular weight excluding hydrogens is 148 g/mol. The molecule has 2 N–H and O–H groups in total. The summed E-state index contributed by atoms with van der Waals surface area (Å²) in [6, 6.07) is 0.423. The molecule has 0 bridgehead atoms. The second kappa shape index (κ2) is 4.83. The molecule has 0 aromatic rings. The van der Waals surface area contributed by atoms with Crippen LogP contribution in [0, 0.1) is 5.92 Å². The van der Waals surface area contributed by atoms with Crippen LogP contribution in [0.5, 0.6) is 0 Å². The summed E-state index contributed by atoms with van der Waals surface area (Å²) in [5.41, 5.74) is 5.93. The molecule has 0 aromatic carbocycles. The van der Waals surface area contributed by atoms with Gasteiger partial charge >= 0.3 is 0 Å². The van der Waals surface area contributed by atoms with Crippen LogP contribution in [0.3, 0.4) is 0 Å². The summed E-state index contributed by atoms with van der Waals surface area (Å²) in [5, 5.41) is 0. The summed E-state index contributed by atoms with van der Waals surface area (Å²) in [6.45, 7) is 8.09. The zero-order valence-corrected chi connectivity index (χ0v) is 8.42. The maximum Gasteiger partial charge on any atom is 0.0206 e. The van der Waals surface area contributed by atoms with Gasteiger partial charge in [-0.15, -0.1) is 0 Å². The normalized spacial score (nSPS) is 31.2. The quantitative estimate of drug-likeness (QED) is 0.647. The molecule has 1 rings (SSSR count). The second-order valence-electron chi connectivity index (χ2n) is 4.11. The third-order valence-corrected chi connectivity index (χ3v) is 2.82. The van der Waals surface area contributed by atoms with Crippen molar-refractivity contribution in [3.05, 3.63) is 0 Å². The number of rotatable bonds is 4. The largest absolute Gasteiger partial charge is 0.326 e. The molecule has 0 saturated carbocycles. The van der Waals surface area contributed by atoms with Crippen LogP contribution in [0.2, 0.25) is 0 Å². The zero-order valence-electron chi connectivity index (χ0n) is 8.42. The fourth-order valence-electron chi connectivity index (χ4n) is 1.86. The maximum atomic E-state index is 5.93. The third kappa shape index (κ3) is 2.76. The fourth-order valence-corrected chi connectivity index (χ4v) is 1.86.